The van der Waals surface area contributed by atoms with Gasteiger partial charge >= 0.3 is 0 Å². The Labute approximate surface area is 145 Å². The van der Waals surface area contributed by atoms with Gasteiger partial charge in [0.25, 0.3) is 0 Å². The normalized spacial score (nSPS) is 11.8. The fourth-order valence-corrected chi connectivity index (χ4v) is 2.61. The highest BCUT2D eigenvalue weighted by molar-refractivity contribution is 7.13. The van der Waals surface area contributed by atoms with E-state index in [0.717, 1.165) is 16.8 Å². The average Bonchev–Trinajstić information content (AvgIpc) is 3.03. The Balaban J connectivity index is 1.73. The molecule has 6 nitrogen and oxygen atoms in total. The summed E-state index contributed by atoms with van der Waals surface area (Å²) in [5.74, 6) is -0.247. The van der Waals surface area contributed by atoms with Crippen molar-refractivity contribution >= 4 is 34.0 Å². The lowest BCUT2D eigenvalue weighted by molar-refractivity contribution is -0.119. The molecule has 3 N–H and O–H groups in total. The van der Waals surface area contributed by atoms with Crippen LogP contribution in [0.3, 0.4) is 0 Å². The number of rotatable bonds is 7. The second-order valence-electron chi connectivity index (χ2n) is 5.62. The van der Waals surface area contributed by atoms with Gasteiger partial charge in [0.1, 0.15) is 0 Å². The molecule has 0 bridgehead atoms. The molecule has 0 radical (unpaired) electrons. The number of thiazole rings is 1. The van der Waals surface area contributed by atoms with Crippen molar-refractivity contribution in [3.8, 4) is 0 Å². The number of hydrogen-bond donors (Lipinski definition) is 3. The Hall–Kier alpha value is -2.25. The Morgan fingerprint density at radius 1 is 1.25 bits per heavy atom. The first kappa shape index (κ1) is 18.1. The second-order valence-corrected chi connectivity index (χ2v) is 6.51. The van der Waals surface area contributed by atoms with Crippen molar-refractivity contribution in [2.75, 3.05) is 17.2 Å². The zero-order valence-electron chi connectivity index (χ0n) is 14.1. The fourth-order valence-electron chi connectivity index (χ4n) is 2.08. The predicted molar refractivity (Wildman–Crippen MR) is 97.4 cm³/mol. The number of aromatic nitrogens is 1. The third kappa shape index (κ3) is 5.43. The van der Waals surface area contributed by atoms with Gasteiger partial charge in [-0.05, 0) is 38.0 Å². The molecule has 2 aromatic rings. The summed E-state index contributed by atoms with van der Waals surface area (Å²) in [5, 5.41) is 11.0. The highest BCUT2D eigenvalue weighted by Crippen LogP contribution is 2.16. The van der Waals surface area contributed by atoms with Gasteiger partial charge in [-0.1, -0.05) is 12.1 Å². The van der Waals surface area contributed by atoms with Crippen molar-refractivity contribution in [3.63, 3.8) is 0 Å². The summed E-state index contributed by atoms with van der Waals surface area (Å²) in [6.45, 7) is 6.12. The molecule has 0 fully saturated rings. The number of nitrogens with one attached hydrogen (secondary N) is 3. The number of amides is 2. The third-order valence-electron chi connectivity index (χ3n) is 3.53. The summed E-state index contributed by atoms with van der Waals surface area (Å²) in [6.07, 6.45) is 1.93. The van der Waals surface area contributed by atoms with E-state index in [1.807, 2.05) is 32.0 Å². The Morgan fingerprint density at radius 2 is 2.04 bits per heavy atom. The molecule has 0 aliphatic carbocycles. The van der Waals surface area contributed by atoms with Crippen LogP contribution in [0, 0.1) is 13.8 Å². The Bertz CT molecular complexity index is 701. The van der Waals surface area contributed by atoms with Gasteiger partial charge in [-0.15, -0.1) is 11.3 Å². The summed E-state index contributed by atoms with van der Waals surface area (Å²) < 4.78 is 0. The van der Waals surface area contributed by atoms with Crippen molar-refractivity contribution in [1.29, 1.82) is 0 Å². The molecule has 1 aromatic heterocycles. The maximum atomic E-state index is 12.0. The van der Waals surface area contributed by atoms with E-state index in [1.54, 1.807) is 18.5 Å². The van der Waals surface area contributed by atoms with E-state index in [9.17, 15) is 9.59 Å². The minimum Gasteiger partial charge on any atom is -0.326 e. The van der Waals surface area contributed by atoms with Gasteiger partial charge in [0.2, 0.25) is 11.8 Å². The van der Waals surface area contributed by atoms with Crippen LogP contribution in [0.25, 0.3) is 0 Å². The van der Waals surface area contributed by atoms with Gasteiger partial charge in [0, 0.05) is 30.2 Å². The number of carbonyl (C=O) groups excluding carboxylic acids is 2. The van der Waals surface area contributed by atoms with Crippen LogP contribution in [-0.2, 0) is 9.59 Å². The zero-order valence-corrected chi connectivity index (χ0v) is 14.9. The Kier molecular flexibility index (Phi) is 6.45. The highest BCUT2D eigenvalue weighted by Gasteiger charge is 2.14. The fraction of sp³-hybridized carbons (Fsp3) is 0.353. The van der Waals surface area contributed by atoms with E-state index >= 15 is 0 Å². The number of benzene rings is 1. The molecule has 0 aliphatic heterocycles. The topological polar surface area (TPSA) is 83.1 Å². The monoisotopic (exact) mass is 346 g/mol. The molecule has 0 saturated carbocycles. The van der Waals surface area contributed by atoms with Crippen LogP contribution in [0.5, 0.6) is 0 Å². The van der Waals surface area contributed by atoms with Crippen molar-refractivity contribution in [1.82, 2.24) is 10.3 Å². The van der Waals surface area contributed by atoms with Crippen molar-refractivity contribution in [2.24, 2.45) is 0 Å². The molecule has 1 aromatic carbocycles. The van der Waals surface area contributed by atoms with Gasteiger partial charge in [-0.25, -0.2) is 4.98 Å². The lowest BCUT2D eigenvalue weighted by atomic mass is 10.1. The number of aryl methyl sites for hydroxylation is 2. The van der Waals surface area contributed by atoms with Crippen LogP contribution in [-0.4, -0.2) is 29.4 Å². The third-order valence-corrected chi connectivity index (χ3v) is 4.21. The molecule has 2 amide bonds. The van der Waals surface area contributed by atoms with Gasteiger partial charge < -0.3 is 16.0 Å². The number of carbonyl (C=O) groups is 2. The summed E-state index contributed by atoms with van der Waals surface area (Å²) in [7, 11) is 0. The summed E-state index contributed by atoms with van der Waals surface area (Å²) in [4.78, 5) is 28.0. The van der Waals surface area contributed by atoms with E-state index in [1.165, 1.54) is 11.3 Å². The summed E-state index contributed by atoms with van der Waals surface area (Å²) >= 11 is 1.37. The van der Waals surface area contributed by atoms with Gasteiger partial charge in [-0.3, -0.25) is 9.59 Å². The van der Waals surface area contributed by atoms with Gasteiger partial charge in [-0.2, -0.15) is 0 Å². The average molecular weight is 346 g/mol. The van der Waals surface area contributed by atoms with Crippen LogP contribution in [0.4, 0.5) is 10.8 Å². The van der Waals surface area contributed by atoms with Crippen LogP contribution < -0.4 is 16.0 Å². The number of hydrogen-bond acceptors (Lipinski definition) is 5. The molecule has 1 atom stereocenters. The molecular formula is C17H22N4O2S. The maximum absolute atomic E-state index is 12.0. The van der Waals surface area contributed by atoms with E-state index in [-0.39, 0.29) is 11.8 Å². The zero-order chi connectivity index (χ0) is 17.5. The highest BCUT2D eigenvalue weighted by atomic mass is 32.1. The molecule has 1 unspecified atom stereocenters. The van der Waals surface area contributed by atoms with Crippen LogP contribution in [0.1, 0.15) is 24.5 Å². The van der Waals surface area contributed by atoms with E-state index in [0.29, 0.717) is 18.1 Å². The molecule has 0 saturated heterocycles. The van der Waals surface area contributed by atoms with Crippen molar-refractivity contribution in [2.45, 2.75) is 33.2 Å². The molecule has 24 heavy (non-hydrogen) atoms. The van der Waals surface area contributed by atoms with Gasteiger partial charge in [0.15, 0.2) is 5.13 Å². The van der Waals surface area contributed by atoms with Crippen LogP contribution in [0.15, 0.2) is 29.8 Å². The largest absolute Gasteiger partial charge is 0.326 e. The first-order valence-electron chi connectivity index (χ1n) is 7.76. The minimum atomic E-state index is -0.401. The molecule has 7 heteroatoms. The Morgan fingerprint density at radius 3 is 2.75 bits per heavy atom. The molecule has 0 spiro atoms. The molecular weight excluding hydrogens is 324 g/mol. The van der Waals surface area contributed by atoms with Gasteiger partial charge in [0.05, 0.1) is 6.04 Å². The maximum Gasteiger partial charge on any atom is 0.243 e. The van der Waals surface area contributed by atoms with Crippen LogP contribution in [0.2, 0.25) is 0 Å². The number of nitrogens with zero attached hydrogens (tertiary/aromatic N) is 1. The molecule has 2 rings (SSSR count). The molecule has 128 valence electrons. The van der Waals surface area contributed by atoms with Crippen LogP contribution >= 0.6 is 11.3 Å². The smallest absolute Gasteiger partial charge is 0.243 e. The first-order valence-corrected chi connectivity index (χ1v) is 8.64. The number of anilines is 2. The SMILES string of the molecule is Cc1ccc(C)c(NC(=O)CCNC(C)C(=O)Nc2nccs2)c1. The summed E-state index contributed by atoms with van der Waals surface area (Å²) in [5.41, 5.74) is 2.95. The van der Waals surface area contributed by atoms with E-state index in [4.69, 9.17) is 0 Å². The summed E-state index contributed by atoms with van der Waals surface area (Å²) in [6, 6.07) is 5.54. The minimum absolute atomic E-state index is 0.0799. The van der Waals surface area contributed by atoms with Crippen molar-refractivity contribution in [3.05, 3.63) is 40.9 Å². The second kappa shape index (κ2) is 8.56. The van der Waals surface area contributed by atoms with E-state index < -0.39 is 6.04 Å². The quantitative estimate of drug-likeness (QED) is 0.720. The predicted octanol–water partition coefficient (Wildman–Crippen LogP) is 2.71. The lowest BCUT2D eigenvalue weighted by Crippen LogP contribution is -2.39. The lowest BCUT2D eigenvalue weighted by Gasteiger charge is -2.13. The first-order chi connectivity index (χ1) is 11.5. The van der Waals surface area contributed by atoms with Crippen molar-refractivity contribution < 1.29 is 9.59 Å². The molecule has 1 heterocycles. The standard InChI is InChI=1S/C17H22N4O2S/c1-11-4-5-12(2)14(10-11)20-15(22)6-7-18-13(3)16(23)21-17-19-8-9-24-17/h4-5,8-10,13,18H,6-7H2,1-3H3,(H,20,22)(H,19,21,23). The van der Waals surface area contributed by atoms with E-state index in [2.05, 4.69) is 20.9 Å². The molecule has 0 aliphatic rings.